The second-order valence-electron chi connectivity index (χ2n) is 6.33. The summed E-state index contributed by atoms with van der Waals surface area (Å²) in [5.74, 6) is 0.521. The van der Waals surface area contributed by atoms with E-state index in [2.05, 4.69) is 27.4 Å². The predicted octanol–water partition coefficient (Wildman–Crippen LogP) is 6.56. The Balaban J connectivity index is 3.49. The molecule has 0 fully saturated rings. The highest BCUT2D eigenvalue weighted by molar-refractivity contribution is 5.00. The van der Waals surface area contributed by atoms with Gasteiger partial charge in [0.1, 0.15) is 0 Å². The smallest absolute Gasteiger partial charge is 0.0891 e. The molecule has 0 aromatic carbocycles. The van der Waals surface area contributed by atoms with Gasteiger partial charge in [-0.3, -0.25) is 0 Å². The Morgan fingerprint density at radius 1 is 1.00 bits per heavy atom. The van der Waals surface area contributed by atoms with E-state index in [0.717, 1.165) is 6.42 Å². The van der Waals surface area contributed by atoms with E-state index < -0.39 is 0 Å². The molecule has 0 heterocycles. The van der Waals surface area contributed by atoms with Crippen LogP contribution in [0.25, 0.3) is 0 Å². The van der Waals surface area contributed by atoms with Crippen molar-refractivity contribution in [3.05, 3.63) is 24.5 Å². The summed E-state index contributed by atoms with van der Waals surface area (Å²) >= 11 is 0. The zero-order valence-electron chi connectivity index (χ0n) is 13.4. The van der Waals surface area contributed by atoms with Crippen LogP contribution in [0, 0.1) is 5.41 Å². The Kier molecular flexibility index (Phi) is 10.7. The van der Waals surface area contributed by atoms with Gasteiger partial charge < -0.3 is 5.11 Å². The molecule has 1 nitrogen and oxygen atoms in total. The standard InChI is InChI=1S/C18H34O/c1-5-7-8-9-10-11-12-13-14-15-17(19)16-18(3,4)6-2/h6,15,19H,2,5,7-14,16H2,1,3-4H3. The topological polar surface area (TPSA) is 20.2 Å². The zero-order valence-corrected chi connectivity index (χ0v) is 13.4. The lowest BCUT2D eigenvalue weighted by atomic mass is 9.88. The first kappa shape index (κ1) is 18.3. The number of hydrogen-bond acceptors (Lipinski definition) is 1. The number of allylic oxidation sites excluding steroid dienone is 3. The van der Waals surface area contributed by atoms with E-state index >= 15 is 0 Å². The van der Waals surface area contributed by atoms with Gasteiger partial charge in [-0.2, -0.15) is 0 Å². The van der Waals surface area contributed by atoms with E-state index in [-0.39, 0.29) is 5.41 Å². The molecule has 0 aliphatic rings. The Labute approximate surface area is 120 Å². The van der Waals surface area contributed by atoms with Crippen LogP contribution in [-0.4, -0.2) is 5.11 Å². The Morgan fingerprint density at radius 2 is 1.53 bits per heavy atom. The maximum absolute atomic E-state index is 9.83. The summed E-state index contributed by atoms with van der Waals surface area (Å²) in [6, 6.07) is 0. The highest BCUT2D eigenvalue weighted by atomic mass is 16.3. The van der Waals surface area contributed by atoms with Gasteiger partial charge in [0.15, 0.2) is 0 Å². The largest absolute Gasteiger partial charge is 0.513 e. The molecule has 0 saturated heterocycles. The van der Waals surface area contributed by atoms with Gasteiger partial charge in [-0.05, 0) is 24.3 Å². The molecule has 0 aliphatic carbocycles. The van der Waals surface area contributed by atoms with Gasteiger partial charge in [-0.1, -0.05) is 71.8 Å². The Morgan fingerprint density at radius 3 is 2.05 bits per heavy atom. The van der Waals surface area contributed by atoms with E-state index in [9.17, 15) is 5.11 Å². The Bertz CT molecular complexity index is 250. The number of aliphatic hydroxyl groups is 1. The fourth-order valence-corrected chi connectivity index (χ4v) is 2.16. The molecule has 0 amide bonds. The maximum Gasteiger partial charge on any atom is 0.0891 e. The summed E-state index contributed by atoms with van der Waals surface area (Å²) in [5, 5.41) is 9.83. The van der Waals surface area contributed by atoms with Crippen LogP contribution in [-0.2, 0) is 0 Å². The summed E-state index contributed by atoms with van der Waals surface area (Å²) < 4.78 is 0. The molecule has 0 rings (SSSR count). The van der Waals surface area contributed by atoms with E-state index in [1.165, 1.54) is 51.4 Å². The molecule has 0 bridgehead atoms. The molecular weight excluding hydrogens is 232 g/mol. The second kappa shape index (κ2) is 11.1. The van der Waals surface area contributed by atoms with Crippen LogP contribution in [0.15, 0.2) is 24.5 Å². The first-order valence-electron chi connectivity index (χ1n) is 8.03. The van der Waals surface area contributed by atoms with Crippen LogP contribution >= 0.6 is 0 Å². The SMILES string of the molecule is C=CC(C)(C)CC(O)=CCCCCCCCCCC. The van der Waals surface area contributed by atoms with Crippen LogP contribution in [0.2, 0.25) is 0 Å². The van der Waals surface area contributed by atoms with Crippen molar-refractivity contribution in [1.82, 2.24) is 0 Å². The molecule has 0 saturated carbocycles. The first-order chi connectivity index (χ1) is 9.02. The van der Waals surface area contributed by atoms with Gasteiger partial charge in [0.05, 0.1) is 5.76 Å². The third-order valence-electron chi connectivity index (χ3n) is 3.63. The average Bonchev–Trinajstić information content (AvgIpc) is 2.36. The number of unbranched alkanes of at least 4 members (excludes halogenated alkanes) is 8. The summed E-state index contributed by atoms with van der Waals surface area (Å²) in [7, 11) is 0. The van der Waals surface area contributed by atoms with Gasteiger partial charge in [-0.15, -0.1) is 6.58 Å². The highest BCUT2D eigenvalue weighted by Gasteiger charge is 2.14. The van der Waals surface area contributed by atoms with Gasteiger partial charge in [-0.25, -0.2) is 0 Å². The lowest BCUT2D eigenvalue weighted by Crippen LogP contribution is -2.07. The molecule has 0 aromatic heterocycles. The molecule has 1 N–H and O–H groups in total. The number of aliphatic hydroxyl groups excluding tert-OH is 1. The molecule has 0 atom stereocenters. The van der Waals surface area contributed by atoms with E-state index in [1.807, 2.05) is 12.2 Å². The van der Waals surface area contributed by atoms with Crippen LogP contribution in [0.4, 0.5) is 0 Å². The first-order valence-corrected chi connectivity index (χ1v) is 8.03. The minimum absolute atomic E-state index is 0.000138. The summed E-state index contributed by atoms with van der Waals surface area (Å²) in [6.07, 6.45) is 16.3. The zero-order chi connectivity index (χ0) is 14.6. The van der Waals surface area contributed by atoms with E-state index in [1.54, 1.807) is 0 Å². The van der Waals surface area contributed by atoms with Gasteiger partial charge in [0, 0.05) is 6.42 Å². The molecule has 19 heavy (non-hydrogen) atoms. The lowest BCUT2D eigenvalue weighted by Gasteiger charge is -2.18. The van der Waals surface area contributed by atoms with Crippen LogP contribution in [0.3, 0.4) is 0 Å². The third-order valence-corrected chi connectivity index (χ3v) is 3.63. The summed E-state index contributed by atoms with van der Waals surface area (Å²) in [6.45, 7) is 10.3. The van der Waals surface area contributed by atoms with Crippen LogP contribution in [0.1, 0.15) is 85.0 Å². The molecule has 112 valence electrons. The number of rotatable bonds is 12. The summed E-state index contributed by atoms with van der Waals surface area (Å²) in [5.41, 5.74) is -0.000138. The van der Waals surface area contributed by atoms with Gasteiger partial charge in [0.2, 0.25) is 0 Å². The molecule has 0 aromatic rings. The van der Waals surface area contributed by atoms with Crippen molar-refractivity contribution in [3.8, 4) is 0 Å². The van der Waals surface area contributed by atoms with E-state index in [4.69, 9.17) is 0 Å². The minimum Gasteiger partial charge on any atom is -0.513 e. The molecule has 1 heteroatoms. The monoisotopic (exact) mass is 266 g/mol. The molecule has 0 aliphatic heterocycles. The normalized spacial score (nSPS) is 12.7. The van der Waals surface area contributed by atoms with Gasteiger partial charge >= 0.3 is 0 Å². The van der Waals surface area contributed by atoms with Crippen LogP contribution < -0.4 is 0 Å². The maximum atomic E-state index is 9.83. The summed E-state index contributed by atoms with van der Waals surface area (Å²) in [4.78, 5) is 0. The van der Waals surface area contributed by atoms with Crippen molar-refractivity contribution in [1.29, 1.82) is 0 Å². The predicted molar refractivity (Wildman–Crippen MR) is 86.5 cm³/mol. The third kappa shape index (κ3) is 12.1. The van der Waals surface area contributed by atoms with Crippen molar-refractivity contribution in [2.75, 3.05) is 0 Å². The van der Waals surface area contributed by atoms with Gasteiger partial charge in [0.25, 0.3) is 0 Å². The van der Waals surface area contributed by atoms with Crippen molar-refractivity contribution >= 4 is 0 Å². The Hall–Kier alpha value is -0.720. The quantitative estimate of drug-likeness (QED) is 0.241. The van der Waals surface area contributed by atoms with Crippen LogP contribution in [0.5, 0.6) is 0 Å². The fraction of sp³-hybridized carbons (Fsp3) is 0.778. The van der Waals surface area contributed by atoms with Crippen molar-refractivity contribution < 1.29 is 5.11 Å². The fourth-order valence-electron chi connectivity index (χ4n) is 2.16. The van der Waals surface area contributed by atoms with E-state index in [0.29, 0.717) is 12.2 Å². The minimum atomic E-state index is -0.000138. The number of hydrogen-bond donors (Lipinski definition) is 1. The highest BCUT2D eigenvalue weighted by Crippen LogP contribution is 2.25. The van der Waals surface area contributed by atoms with Crippen molar-refractivity contribution in [3.63, 3.8) is 0 Å². The second-order valence-corrected chi connectivity index (χ2v) is 6.33. The van der Waals surface area contributed by atoms with Crippen molar-refractivity contribution in [2.45, 2.75) is 85.0 Å². The molecule has 0 radical (unpaired) electrons. The lowest BCUT2D eigenvalue weighted by molar-refractivity contribution is 0.326. The molecule has 0 spiro atoms. The average molecular weight is 266 g/mol. The molecule has 0 unspecified atom stereocenters. The van der Waals surface area contributed by atoms with Crippen molar-refractivity contribution in [2.24, 2.45) is 5.41 Å². The molecular formula is C18H34O.